The minimum absolute atomic E-state index is 0.105. The van der Waals surface area contributed by atoms with Gasteiger partial charge in [0, 0.05) is 24.7 Å². The van der Waals surface area contributed by atoms with E-state index in [1.807, 2.05) is 51.1 Å². The normalized spacial score (nSPS) is 12.4. The largest absolute Gasteiger partial charge is 0.465 e. The average Bonchev–Trinajstić information content (AvgIpc) is 3.25. The second-order valence-corrected chi connectivity index (χ2v) is 10.8. The van der Waals surface area contributed by atoms with Gasteiger partial charge in [0.25, 0.3) is 5.91 Å². The van der Waals surface area contributed by atoms with Gasteiger partial charge in [0.1, 0.15) is 4.34 Å². The van der Waals surface area contributed by atoms with Crippen LogP contribution in [0.25, 0.3) is 11.3 Å². The molecular formula is C22H24BrClN4O3S. The van der Waals surface area contributed by atoms with Gasteiger partial charge in [-0.25, -0.2) is 4.79 Å². The second kappa shape index (κ2) is 9.64. The van der Waals surface area contributed by atoms with Crippen molar-refractivity contribution >= 4 is 50.9 Å². The Kier molecular flexibility index (Phi) is 7.32. The number of carbonyl (C=O) groups is 2. The molecule has 2 N–H and O–H groups in total. The summed E-state index contributed by atoms with van der Waals surface area (Å²) < 4.78 is 2.93. The second-order valence-electron chi connectivity index (χ2n) is 8.26. The summed E-state index contributed by atoms with van der Waals surface area (Å²) in [4.78, 5) is 26.8. The molecule has 0 spiro atoms. The maximum atomic E-state index is 13.2. The third kappa shape index (κ3) is 5.33. The molecule has 0 saturated heterocycles. The third-order valence-corrected chi connectivity index (χ3v) is 6.91. The van der Waals surface area contributed by atoms with Crippen LogP contribution in [0.4, 0.5) is 4.79 Å². The van der Waals surface area contributed by atoms with E-state index >= 15 is 0 Å². The van der Waals surface area contributed by atoms with Gasteiger partial charge in [-0.15, -0.1) is 11.3 Å². The lowest BCUT2D eigenvalue weighted by Crippen LogP contribution is -2.49. The standard InChI is InChI=1S/C22H24BrClN4O3S/c1-22(2,3)28(21(30)31)12-16(13-8-6-5-7-9-13)26-20(29)17-10-14(19(24)32-17)18-15(23)11-25-27(18)4/h5-11,16H,12H2,1-4H3,(H,26,29)(H,30,31)/t16-/m0/s1. The number of thiophene rings is 1. The van der Waals surface area contributed by atoms with E-state index in [-0.39, 0.29) is 12.5 Å². The molecule has 32 heavy (non-hydrogen) atoms. The number of aryl methyl sites for hydroxylation is 1. The van der Waals surface area contributed by atoms with E-state index in [0.29, 0.717) is 14.8 Å². The van der Waals surface area contributed by atoms with E-state index in [1.165, 1.54) is 16.2 Å². The minimum Gasteiger partial charge on any atom is -0.465 e. The summed E-state index contributed by atoms with van der Waals surface area (Å²) in [5, 5.41) is 16.9. The van der Waals surface area contributed by atoms with Crippen LogP contribution in [-0.4, -0.2) is 43.9 Å². The van der Waals surface area contributed by atoms with Crippen molar-refractivity contribution in [3.63, 3.8) is 0 Å². The molecule has 3 aromatic rings. The van der Waals surface area contributed by atoms with Crippen molar-refractivity contribution in [1.82, 2.24) is 20.0 Å². The lowest BCUT2D eigenvalue weighted by atomic mass is 10.0. The number of nitrogens with one attached hydrogen (secondary N) is 1. The predicted molar refractivity (Wildman–Crippen MR) is 130 cm³/mol. The summed E-state index contributed by atoms with van der Waals surface area (Å²) in [6, 6.07) is 10.5. The van der Waals surface area contributed by atoms with Gasteiger partial charge < -0.3 is 15.3 Å². The van der Waals surface area contributed by atoms with Crippen LogP contribution in [0.1, 0.15) is 42.0 Å². The molecule has 0 saturated carbocycles. The fourth-order valence-corrected chi connectivity index (χ4v) is 5.07. The molecule has 1 aromatic carbocycles. The highest BCUT2D eigenvalue weighted by Gasteiger charge is 2.30. The first kappa shape index (κ1) is 24.3. The number of halogens is 2. The molecule has 0 aliphatic rings. The van der Waals surface area contributed by atoms with Crippen LogP contribution in [-0.2, 0) is 7.05 Å². The quantitative estimate of drug-likeness (QED) is 0.413. The number of nitrogens with zero attached hydrogens (tertiary/aromatic N) is 3. The molecule has 0 radical (unpaired) electrons. The molecule has 0 aliphatic carbocycles. The first-order chi connectivity index (χ1) is 15.0. The van der Waals surface area contributed by atoms with Crippen molar-refractivity contribution in [3.05, 3.63) is 61.8 Å². The molecule has 3 rings (SSSR count). The molecule has 2 amide bonds. The molecule has 2 heterocycles. The maximum Gasteiger partial charge on any atom is 0.407 e. The van der Waals surface area contributed by atoms with Crippen molar-refractivity contribution in [2.24, 2.45) is 7.05 Å². The number of carboxylic acid groups (broad SMARTS) is 1. The SMILES string of the molecule is Cn1ncc(Br)c1-c1cc(C(=O)N[C@@H](CN(C(=O)O)C(C)(C)C)c2ccccc2)sc1Cl. The molecular weight excluding hydrogens is 516 g/mol. The van der Waals surface area contributed by atoms with E-state index < -0.39 is 17.7 Å². The maximum absolute atomic E-state index is 13.2. The number of carbonyl (C=O) groups excluding carboxylic acids is 1. The number of aromatic nitrogens is 2. The topological polar surface area (TPSA) is 87.5 Å². The van der Waals surface area contributed by atoms with Gasteiger partial charge in [0.15, 0.2) is 0 Å². The Bertz CT molecular complexity index is 1100. The van der Waals surface area contributed by atoms with Gasteiger partial charge in [-0.3, -0.25) is 9.48 Å². The number of hydrogen-bond donors (Lipinski definition) is 2. The van der Waals surface area contributed by atoms with Crippen molar-refractivity contribution in [1.29, 1.82) is 0 Å². The first-order valence-corrected chi connectivity index (χ1v) is 11.8. The Morgan fingerprint density at radius 3 is 2.50 bits per heavy atom. The minimum atomic E-state index is -1.05. The highest BCUT2D eigenvalue weighted by atomic mass is 79.9. The summed E-state index contributed by atoms with van der Waals surface area (Å²) in [5.74, 6) is -0.324. The fraction of sp³-hybridized carbons (Fsp3) is 0.318. The van der Waals surface area contributed by atoms with E-state index in [0.717, 1.165) is 15.7 Å². The van der Waals surface area contributed by atoms with Gasteiger partial charge >= 0.3 is 6.09 Å². The van der Waals surface area contributed by atoms with Crippen LogP contribution in [0.15, 0.2) is 47.1 Å². The molecule has 0 aliphatic heterocycles. The summed E-state index contributed by atoms with van der Waals surface area (Å²) in [6.07, 6.45) is 0.622. The number of benzene rings is 1. The van der Waals surface area contributed by atoms with Gasteiger partial charge in [-0.05, 0) is 48.3 Å². The molecule has 0 unspecified atom stereocenters. The number of hydrogen-bond acceptors (Lipinski definition) is 4. The summed E-state index contributed by atoms with van der Waals surface area (Å²) in [6.45, 7) is 5.57. The highest BCUT2D eigenvalue weighted by Crippen LogP contribution is 2.39. The van der Waals surface area contributed by atoms with Crippen molar-refractivity contribution in [2.75, 3.05) is 6.54 Å². The van der Waals surface area contributed by atoms with Crippen LogP contribution in [0.3, 0.4) is 0 Å². The Morgan fingerprint density at radius 2 is 1.97 bits per heavy atom. The van der Waals surface area contributed by atoms with E-state index in [4.69, 9.17) is 11.6 Å². The van der Waals surface area contributed by atoms with E-state index in [1.54, 1.807) is 24.0 Å². The Hall–Kier alpha value is -2.36. The summed E-state index contributed by atoms with van der Waals surface area (Å²) >= 11 is 11.1. The van der Waals surface area contributed by atoms with Gasteiger partial charge in [-0.2, -0.15) is 5.10 Å². The van der Waals surface area contributed by atoms with Gasteiger partial charge in [-0.1, -0.05) is 41.9 Å². The molecule has 7 nitrogen and oxygen atoms in total. The number of rotatable bonds is 6. The number of amides is 2. The van der Waals surface area contributed by atoms with Crippen LogP contribution in [0.2, 0.25) is 4.34 Å². The Balaban J connectivity index is 1.91. The van der Waals surface area contributed by atoms with Crippen molar-refractivity contribution < 1.29 is 14.7 Å². The molecule has 1 atom stereocenters. The molecule has 0 bridgehead atoms. The predicted octanol–water partition coefficient (Wildman–Crippen LogP) is 5.81. The Labute approximate surface area is 204 Å². The third-order valence-electron chi connectivity index (χ3n) is 4.97. The van der Waals surface area contributed by atoms with Crippen LogP contribution in [0.5, 0.6) is 0 Å². The van der Waals surface area contributed by atoms with Crippen LogP contribution >= 0.6 is 38.9 Å². The lowest BCUT2D eigenvalue weighted by Gasteiger charge is -2.36. The van der Waals surface area contributed by atoms with Crippen LogP contribution in [0, 0.1) is 0 Å². The zero-order valence-corrected chi connectivity index (χ0v) is 21.3. The Morgan fingerprint density at radius 1 is 1.31 bits per heavy atom. The summed E-state index contributed by atoms with van der Waals surface area (Å²) in [5.41, 5.74) is 1.66. The van der Waals surface area contributed by atoms with Crippen molar-refractivity contribution in [2.45, 2.75) is 32.4 Å². The van der Waals surface area contributed by atoms with Crippen molar-refractivity contribution in [3.8, 4) is 11.3 Å². The van der Waals surface area contributed by atoms with E-state index in [2.05, 4.69) is 26.3 Å². The molecule has 10 heteroatoms. The molecule has 2 aromatic heterocycles. The molecule has 0 fully saturated rings. The van der Waals surface area contributed by atoms with Crippen LogP contribution < -0.4 is 5.32 Å². The van der Waals surface area contributed by atoms with Gasteiger partial charge in [0.2, 0.25) is 0 Å². The summed E-state index contributed by atoms with van der Waals surface area (Å²) in [7, 11) is 1.80. The highest BCUT2D eigenvalue weighted by molar-refractivity contribution is 9.10. The van der Waals surface area contributed by atoms with Gasteiger partial charge in [0.05, 0.1) is 27.3 Å². The molecule has 170 valence electrons. The average molecular weight is 540 g/mol. The van der Waals surface area contributed by atoms with E-state index in [9.17, 15) is 14.7 Å². The zero-order valence-electron chi connectivity index (χ0n) is 18.1. The smallest absolute Gasteiger partial charge is 0.407 e. The monoisotopic (exact) mass is 538 g/mol. The first-order valence-electron chi connectivity index (χ1n) is 9.82. The zero-order chi connectivity index (χ0) is 23.6. The fourth-order valence-electron chi connectivity index (χ4n) is 3.33. The lowest BCUT2D eigenvalue weighted by molar-refractivity contribution is 0.0824.